The summed E-state index contributed by atoms with van der Waals surface area (Å²) in [4.78, 5) is 18.1. The number of nitrogens with zero attached hydrogens (tertiary/aromatic N) is 4. The van der Waals surface area contributed by atoms with Gasteiger partial charge in [0.15, 0.2) is 0 Å². The van der Waals surface area contributed by atoms with Crippen LogP contribution >= 0.6 is 0 Å². The molecule has 1 amide bonds. The van der Waals surface area contributed by atoms with Gasteiger partial charge in [-0.15, -0.1) is 0 Å². The molecule has 9 heteroatoms. The van der Waals surface area contributed by atoms with Crippen LogP contribution in [0.4, 0.5) is 8.78 Å². The van der Waals surface area contributed by atoms with E-state index in [0.29, 0.717) is 29.9 Å². The lowest BCUT2D eigenvalue weighted by Crippen LogP contribution is -2.45. The van der Waals surface area contributed by atoms with Gasteiger partial charge < -0.3 is 14.7 Å². The summed E-state index contributed by atoms with van der Waals surface area (Å²) in [6.07, 6.45) is 2.64. The van der Waals surface area contributed by atoms with Crippen molar-refractivity contribution in [3.05, 3.63) is 77.9 Å². The number of amides is 1. The minimum Gasteiger partial charge on any atom is -0.493 e. The Morgan fingerprint density at radius 1 is 1.22 bits per heavy atom. The van der Waals surface area contributed by atoms with E-state index in [1.165, 1.54) is 35.4 Å². The fraction of sp³-hybridized carbons (Fsp3) is 0.348. The maximum Gasteiger partial charge on any atom is 0.253 e. The van der Waals surface area contributed by atoms with Crippen molar-refractivity contribution >= 4 is 5.91 Å². The lowest BCUT2D eigenvalue weighted by molar-refractivity contribution is -0.0129. The molecule has 0 aliphatic carbocycles. The Labute approximate surface area is 185 Å². The molecular formula is C23H26F2N4O3. The Bertz CT molecular complexity index is 1040. The molecular weight excluding hydrogens is 418 g/mol. The predicted octanol–water partition coefficient (Wildman–Crippen LogP) is 3.25. The SMILES string of the molecule is CC(C)COc1ccc(C(=O)N(C)CC(O)(Cn2cncn2)c2ccc(F)cc2F)cc1. The molecule has 7 nitrogen and oxygen atoms in total. The fourth-order valence-electron chi connectivity index (χ4n) is 3.31. The van der Waals surface area contributed by atoms with Gasteiger partial charge >= 0.3 is 0 Å². The lowest BCUT2D eigenvalue weighted by atomic mass is 9.92. The number of likely N-dealkylation sites (N-methyl/N-ethyl adjacent to an activating group) is 1. The summed E-state index contributed by atoms with van der Waals surface area (Å²) in [5, 5.41) is 15.3. The molecule has 0 saturated heterocycles. The third-order valence-electron chi connectivity index (χ3n) is 4.85. The molecule has 1 N–H and O–H groups in total. The fourth-order valence-corrected chi connectivity index (χ4v) is 3.31. The summed E-state index contributed by atoms with van der Waals surface area (Å²) in [7, 11) is 1.50. The second-order valence-corrected chi connectivity index (χ2v) is 8.14. The first kappa shape index (κ1) is 23.3. The van der Waals surface area contributed by atoms with E-state index < -0.39 is 17.2 Å². The molecule has 3 aromatic rings. The molecule has 0 aliphatic heterocycles. The van der Waals surface area contributed by atoms with Crippen molar-refractivity contribution in [2.45, 2.75) is 26.0 Å². The Morgan fingerprint density at radius 3 is 2.53 bits per heavy atom. The standard InChI is InChI=1S/C23H26F2N4O3/c1-16(2)11-32-19-7-4-17(5-8-19)22(30)28(3)12-23(31,13-29-15-26-14-27-29)20-9-6-18(24)10-21(20)25/h4-10,14-16,31H,11-13H2,1-3H3. The molecule has 0 bridgehead atoms. The maximum atomic E-state index is 14.6. The van der Waals surface area contributed by atoms with Gasteiger partial charge in [-0.05, 0) is 36.2 Å². The van der Waals surface area contributed by atoms with Gasteiger partial charge in [-0.25, -0.2) is 18.4 Å². The highest BCUT2D eigenvalue weighted by Crippen LogP contribution is 2.28. The van der Waals surface area contributed by atoms with Crippen LogP contribution in [-0.2, 0) is 12.1 Å². The molecule has 1 unspecified atom stereocenters. The molecule has 1 atom stereocenters. The maximum absolute atomic E-state index is 14.6. The van der Waals surface area contributed by atoms with Crippen molar-refractivity contribution < 1.29 is 23.4 Å². The topological polar surface area (TPSA) is 80.5 Å². The largest absolute Gasteiger partial charge is 0.493 e. The monoisotopic (exact) mass is 444 g/mol. The van der Waals surface area contributed by atoms with Crippen LogP contribution in [0.5, 0.6) is 5.75 Å². The molecule has 0 aliphatic rings. The minimum absolute atomic E-state index is 0.147. The van der Waals surface area contributed by atoms with Gasteiger partial charge in [0, 0.05) is 24.2 Å². The van der Waals surface area contributed by atoms with Gasteiger partial charge in [0.05, 0.1) is 19.7 Å². The van der Waals surface area contributed by atoms with E-state index in [4.69, 9.17) is 4.74 Å². The highest BCUT2D eigenvalue weighted by atomic mass is 19.1. The number of benzene rings is 2. The second kappa shape index (κ2) is 9.86. The molecule has 1 heterocycles. The number of carbonyl (C=O) groups is 1. The molecule has 0 fully saturated rings. The third-order valence-corrected chi connectivity index (χ3v) is 4.85. The zero-order valence-corrected chi connectivity index (χ0v) is 18.2. The van der Waals surface area contributed by atoms with Crippen LogP contribution in [0.2, 0.25) is 0 Å². The van der Waals surface area contributed by atoms with Crippen LogP contribution in [0.25, 0.3) is 0 Å². The van der Waals surface area contributed by atoms with Crippen molar-refractivity contribution in [3.8, 4) is 5.75 Å². The van der Waals surface area contributed by atoms with Gasteiger partial charge in [0.2, 0.25) is 0 Å². The van der Waals surface area contributed by atoms with Gasteiger partial charge in [0.1, 0.15) is 35.6 Å². The minimum atomic E-state index is -1.88. The van der Waals surface area contributed by atoms with Crippen LogP contribution in [0.1, 0.15) is 29.8 Å². The van der Waals surface area contributed by atoms with Crippen molar-refractivity contribution in [2.75, 3.05) is 20.2 Å². The molecule has 3 rings (SSSR count). The number of aliphatic hydroxyl groups is 1. The lowest BCUT2D eigenvalue weighted by Gasteiger charge is -2.33. The van der Waals surface area contributed by atoms with E-state index >= 15 is 0 Å². The van der Waals surface area contributed by atoms with Crippen molar-refractivity contribution in [1.29, 1.82) is 0 Å². The third kappa shape index (κ3) is 5.67. The number of aromatic nitrogens is 3. The quantitative estimate of drug-likeness (QED) is 0.548. The van der Waals surface area contributed by atoms with E-state index in [-0.39, 0.29) is 24.6 Å². The van der Waals surface area contributed by atoms with Crippen LogP contribution < -0.4 is 4.74 Å². The number of rotatable bonds is 9. The summed E-state index contributed by atoms with van der Waals surface area (Å²) in [6.45, 7) is 4.19. The summed E-state index contributed by atoms with van der Waals surface area (Å²) in [5.74, 6) is -1.04. The van der Waals surface area contributed by atoms with Gasteiger partial charge in [-0.2, -0.15) is 5.10 Å². The normalized spacial score (nSPS) is 13.1. The smallest absolute Gasteiger partial charge is 0.253 e. The van der Waals surface area contributed by atoms with Crippen molar-refractivity contribution in [2.24, 2.45) is 5.92 Å². The van der Waals surface area contributed by atoms with Gasteiger partial charge in [0.25, 0.3) is 5.91 Å². The molecule has 2 aromatic carbocycles. The van der Waals surface area contributed by atoms with Crippen LogP contribution in [0.15, 0.2) is 55.1 Å². The van der Waals surface area contributed by atoms with E-state index in [1.54, 1.807) is 24.3 Å². The molecule has 170 valence electrons. The first-order valence-electron chi connectivity index (χ1n) is 10.2. The average Bonchev–Trinajstić information content (AvgIpc) is 3.24. The van der Waals surface area contributed by atoms with E-state index in [9.17, 15) is 18.7 Å². The average molecular weight is 444 g/mol. The molecule has 1 aromatic heterocycles. The molecule has 0 radical (unpaired) electrons. The first-order chi connectivity index (χ1) is 15.2. The van der Waals surface area contributed by atoms with Crippen molar-refractivity contribution in [3.63, 3.8) is 0 Å². The molecule has 0 saturated carbocycles. The Morgan fingerprint density at radius 2 is 1.94 bits per heavy atom. The van der Waals surface area contributed by atoms with Gasteiger partial charge in [-0.3, -0.25) is 4.79 Å². The zero-order chi connectivity index (χ0) is 23.3. The highest BCUT2D eigenvalue weighted by molar-refractivity contribution is 5.94. The molecule has 32 heavy (non-hydrogen) atoms. The Balaban J connectivity index is 1.81. The molecule has 0 spiro atoms. The number of halogens is 2. The second-order valence-electron chi connectivity index (χ2n) is 8.14. The van der Waals surface area contributed by atoms with Crippen LogP contribution in [0, 0.1) is 17.6 Å². The Hall–Kier alpha value is -3.33. The Kier molecular flexibility index (Phi) is 7.19. The number of ether oxygens (including phenoxy) is 1. The number of hydrogen-bond acceptors (Lipinski definition) is 5. The van der Waals surface area contributed by atoms with E-state index in [0.717, 1.165) is 6.07 Å². The summed E-state index contributed by atoms with van der Waals surface area (Å²) in [5.41, 5.74) is -1.64. The number of hydrogen-bond donors (Lipinski definition) is 1. The number of carbonyl (C=O) groups excluding carboxylic acids is 1. The first-order valence-corrected chi connectivity index (χ1v) is 10.2. The zero-order valence-electron chi connectivity index (χ0n) is 18.2. The van der Waals surface area contributed by atoms with Crippen molar-refractivity contribution in [1.82, 2.24) is 19.7 Å². The summed E-state index contributed by atoms with van der Waals surface area (Å²) in [6, 6.07) is 9.57. The van der Waals surface area contributed by atoms with Gasteiger partial charge in [-0.1, -0.05) is 19.9 Å². The summed E-state index contributed by atoms with van der Waals surface area (Å²) < 4.78 is 34.9. The predicted molar refractivity (Wildman–Crippen MR) is 114 cm³/mol. The summed E-state index contributed by atoms with van der Waals surface area (Å²) >= 11 is 0. The van der Waals surface area contributed by atoms with E-state index in [1.807, 2.05) is 13.8 Å². The van der Waals surface area contributed by atoms with E-state index in [2.05, 4.69) is 10.1 Å². The van der Waals surface area contributed by atoms with Crippen LogP contribution in [-0.4, -0.2) is 50.9 Å². The van der Waals surface area contributed by atoms with Crippen LogP contribution in [0.3, 0.4) is 0 Å². The highest BCUT2D eigenvalue weighted by Gasteiger charge is 2.36.